The molecular formula is C11H18N2OS. The second kappa shape index (κ2) is 4.60. The first-order chi connectivity index (χ1) is 7.18. The predicted octanol–water partition coefficient (Wildman–Crippen LogP) is 1.62. The van der Waals surface area contributed by atoms with Gasteiger partial charge in [-0.15, -0.1) is 11.3 Å². The van der Waals surface area contributed by atoms with Gasteiger partial charge in [0, 0.05) is 30.3 Å². The van der Waals surface area contributed by atoms with E-state index in [-0.39, 0.29) is 0 Å². The van der Waals surface area contributed by atoms with Crippen molar-refractivity contribution in [1.82, 2.24) is 10.3 Å². The molecule has 0 aliphatic carbocycles. The summed E-state index contributed by atoms with van der Waals surface area (Å²) >= 11 is 1.72. The van der Waals surface area contributed by atoms with Crippen molar-refractivity contribution in [3.05, 3.63) is 16.1 Å². The Morgan fingerprint density at radius 1 is 1.60 bits per heavy atom. The van der Waals surface area contributed by atoms with Gasteiger partial charge in [-0.25, -0.2) is 4.98 Å². The Kier molecular flexibility index (Phi) is 3.38. The van der Waals surface area contributed by atoms with E-state index >= 15 is 0 Å². The second-order valence-corrected chi connectivity index (χ2v) is 5.65. The molecule has 1 fully saturated rings. The van der Waals surface area contributed by atoms with E-state index < -0.39 is 0 Å². The van der Waals surface area contributed by atoms with Gasteiger partial charge in [-0.05, 0) is 6.92 Å². The summed E-state index contributed by atoms with van der Waals surface area (Å²) in [6, 6.07) is 0. The van der Waals surface area contributed by atoms with E-state index in [9.17, 15) is 0 Å². The van der Waals surface area contributed by atoms with Gasteiger partial charge in [-0.2, -0.15) is 0 Å². The smallest absolute Gasteiger partial charge is 0.0897 e. The van der Waals surface area contributed by atoms with Gasteiger partial charge in [0.1, 0.15) is 0 Å². The summed E-state index contributed by atoms with van der Waals surface area (Å²) in [5, 5.41) is 6.77. The molecule has 1 aliphatic heterocycles. The lowest BCUT2D eigenvalue weighted by atomic mass is 9.89. The van der Waals surface area contributed by atoms with Crippen LogP contribution in [-0.2, 0) is 11.2 Å². The first kappa shape index (κ1) is 11.0. The fourth-order valence-corrected chi connectivity index (χ4v) is 2.33. The maximum atomic E-state index is 5.21. The van der Waals surface area contributed by atoms with Gasteiger partial charge in [0.15, 0.2) is 0 Å². The molecule has 84 valence electrons. The molecule has 0 amide bonds. The minimum absolute atomic E-state index is 0.373. The Morgan fingerprint density at radius 2 is 2.40 bits per heavy atom. The summed E-state index contributed by atoms with van der Waals surface area (Å²) in [5.41, 5.74) is 1.58. The summed E-state index contributed by atoms with van der Waals surface area (Å²) in [6.07, 6.45) is 1.03. The Bertz CT molecular complexity index is 320. The molecule has 2 heterocycles. The summed E-state index contributed by atoms with van der Waals surface area (Å²) < 4.78 is 5.21. The monoisotopic (exact) mass is 226 g/mol. The standard InChI is InChI=1S/C11H18N2OS/c1-9-13-10(5-15-9)3-4-12-6-11(2)7-14-8-11/h5,12H,3-4,6-8H2,1-2H3. The molecule has 4 heteroatoms. The van der Waals surface area contributed by atoms with Gasteiger partial charge in [0.2, 0.25) is 0 Å². The molecular weight excluding hydrogens is 208 g/mol. The molecule has 0 atom stereocenters. The van der Waals surface area contributed by atoms with Crippen LogP contribution in [0.2, 0.25) is 0 Å². The number of aromatic nitrogens is 1. The fraction of sp³-hybridized carbons (Fsp3) is 0.727. The Morgan fingerprint density at radius 3 is 2.93 bits per heavy atom. The van der Waals surface area contributed by atoms with Gasteiger partial charge in [-0.1, -0.05) is 6.92 Å². The van der Waals surface area contributed by atoms with E-state index in [2.05, 4.69) is 22.6 Å². The first-order valence-electron chi connectivity index (χ1n) is 5.37. The number of hydrogen-bond donors (Lipinski definition) is 1. The zero-order valence-electron chi connectivity index (χ0n) is 9.38. The largest absolute Gasteiger partial charge is 0.380 e. The van der Waals surface area contributed by atoms with E-state index in [1.165, 1.54) is 5.69 Å². The van der Waals surface area contributed by atoms with Crippen LogP contribution in [0, 0.1) is 12.3 Å². The van der Waals surface area contributed by atoms with Gasteiger partial charge in [-0.3, -0.25) is 0 Å². The topological polar surface area (TPSA) is 34.2 Å². The summed E-state index contributed by atoms with van der Waals surface area (Å²) in [7, 11) is 0. The molecule has 1 aromatic heterocycles. The number of nitrogens with one attached hydrogen (secondary N) is 1. The molecule has 0 spiro atoms. The number of hydrogen-bond acceptors (Lipinski definition) is 4. The number of aryl methyl sites for hydroxylation is 1. The van der Waals surface area contributed by atoms with Gasteiger partial charge >= 0.3 is 0 Å². The van der Waals surface area contributed by atoms with Gasteiger partial charge in [0.25, 0.3) is 0 Å². The van der Waals surface area contributed by atoms with Crippen molar-refractivity contribution < 1.29 is 4.74 Å². The van der Waals surface area contributed by atoms with Crippen molar-refractivity contribution in [2.45, 2.75) is 20.3 Å². The zero-order valence-corrected chi connectivity index (χ0v) is 10.2. The summed E-state index contributed by atoms with van der Waals surface area (Å²) in [5.74, 6) is 0. The van der Waals surface area contributed by atoms with Gasteiger partial charge in [0.05, 0.1) is 23.9 Å². The summed E-state index contributed by atoms with van der Waals surface area (Å²) in [6.45, 7) is 8.17. The third kappa shape index (κ3) is 3.00. The Balaban J connectivity index is 1.63. The zero-order chi connectivity index (χ0) is 10.7. The minimum Gasteiger partial charge on any atom is -0.380 e. The molecule has 3 nitrogen and oxygen atoms in total. The first-order valence-corrected chi connectivity index (χ1v) is 6.25. The molecule has 0 radical (unpaired) electrons. The number of ether oxygens (including phenoxy) is 1. The lowest BCUT2D eigenvalue weighted by molar-refractivity contribution is -0.0988. The van der Waals surface area contributed by atoms with Crippen molar-refractivity contribution in [2.75, 3.05) is 26.3 Å². The highest BCUT2D eigenvalue weighted by Crippen LogP contribution is 2.24. The lowest BCUT2D eigenvalue weighted by Crippen LogP contribution is -2.47. The predicted molar refractivity (Wildman–Crippen MR) is 62.4 cm³/mol. The van der Waals surface area contributed by atoms with Crippen LogP contribution >= 0.6 is 11.3 Å². The van der Waals surface area contributed by atoms with Crippen molar-refractivity contribution in [1.29, 1.82) is 0 Å². The molecule has 0 saturated carbocycles. The summed E-state index contributed by atoms with van der Waals surface area (Å²) in [4.78, 5) is 4.43. The number of thiazole rings is 1. The maximum absolute atomic E-state index is 5.21. The molecule has 0 aromatic carbocycles. The maximum Gasteiger partial charge on any atom is 0.0897 e. The number of rotatable bonds is 5. The second-order valence-electron chi connectivity index (χ2n) is 4.59. The normalized spacial score (nSPS) is 18.8. The molecule has 1 aromatic rings. The quantitative estimate of drug-likeness (QED) is 0.775. The van der Waals surface area contributed by atoms with Gasteiger partial charge < -0.3 is 10.1 Å². The third-order valence-corrected chi connectivity index (χ3v) is 3.50. The van der Waals surface area contributed by atoms with Crippen LogP contribution in [0.15, 0.2) is 5.38 Å². The Labute approximate surface area is 94.9 Å². The minimum atomic E-state index is 0.373. The van der Waals surface area contributed by atoms with Crippen LogP contribution in [0.3, 0.4) is 0 Å². The van der Waals surface area contributed by atoms with Crippen LogP contribution in [0.4, 0.5) is 0 Å². The molecule has 15 heavy (non-hydrogen) atoms. The van der Waals surface area contributed by atoms with Crippen LogP contribution in [0.5, 0.6) is 0 Å². The number of nitrogens with zero attached hydrogens (tertiary/aromatic N) is 1. The average molecular weight is 226 g/mol. The average Bonchev–Trinajstić information content (AvgIpc) is 2.56. The van der Waals surface area contributed by atoms with Crippen molar-refractivity contribution in [2.24, 2.45) is 5.41 Å². The molecule has 2 rings (SSSR count). The van der Waals surface area contributed by atoms with E-state index in [0.29, 0.717) is 5.41 Å². The van der Waals surface area contributed by atoms with E-state index in [1.807, 2.05) is 6.92 Å². The lowest BCUT2D eigenvalue weighted by Gasteiger charge is -2.38. The van der Waals surface area contributed by atoms with Crippen LogP contribution < -0.4 is 5.32 Å². The van der Waals surface area contributed by atoms with Crippen LogP contribution in [0.1, 0.15) is 17.6 Å². The van der Waals surface area contributed by atoms with E-state index in [1.54, 1.807) is 11.3 Å². The molecule has 1 aliphatic rings. The van der Waals surface area contributed by atoms with E-state index in [4.69, 9.17) is 4.74 Å². The third-order valence-electron chi connectivity index (χ3n) is 2.68. The Hall–Kier alpha value is -0.450. The van der Waals surface area contributed by atoms with Crippen molar-refractivity contribution >= 4 is 11.3 Å². The molecule has 1 saturated heterocycles. The van der Waals surface area contributed by atoms with Crippen molar-refractivity contribution in [3.8, 4) is 0 Å². The molecule has 1 N–H and O–H groups in total. The van der Waals surface area contributed by atoms with Crippen molar-refractivity contribution in [3.63, 3.8) is 0 Å². The highest BCUT2D eigenvalue weighted by molar-refractivity contribution is 7.09. The van der Waals surface area contributed by atoms with Crippen LogP contribution in [0.25, 0.3) is 0 Å². The highest BCUT2D eigenvalue weighted by Gasteiger charge is 2.32. The SMILES string of the molecule is Cc1nc(CCNCC2(C)COC2)cs1. The fourth-order valence-electron chi connectivity index (χ4n) is 1.68. The molecule has 0 bridgehead atoms. The highest BCUT2D eigenvalue weighted by atomic mass is 32.1. The molecule has 0 unspecified atom stereocenters. The van der Waals surface area contributed by atoms with E-state index in [0.717, 1.165) is 37.7 Å². The van der Waals surface area contributed by atoms with Crippen LogP contribution in [-0.4, -0.2) is 31.3 Å².